The van der Waals surface area contributed by atoms with Gasteiger partial charge >= 0.3 is 0 Å². The van der Waals surface area contributed by atoms with Crippen LogP contribution in [0.3, 0.4) is 0 Å². The highest BCUT2D eigenvalue weighted by atomic mass is 19.1. The van der Waals surface area contributed by atoms with Crippen molar-refractivity contribution in [3.8, 4) is 11.5 Å². The lowest BCUT2D eigenvalue weighted by Crippen LogP contribution is -2.46. The normalized spacial score (nSPS) is 20.6. The van der Waals surface area contributed by atoms with E-state index in [4.69, 9.17) is 14.2 Å². The zero-order chi connectivity index (χ0) is 28.6. The Morgan fingerprint density at radius 2 is 1.85 bits per heavy atom. The van der Waals surface area contributed by atoms with Crippen molar-refractivity contribution in [3.63, 3.8) is 0 Å². The summed E-state index contributed by atoms with van der Waals surface area (Å²) < 4.78 is 31.6. The predicted molar refractivity (Wildman–Crippen MR) is 157 cm³/mol. The first kappa shape index (κ1) is 30.1. The number of methoxy groups -OCH3 is 2. The Hall–Kier alpha value is -2.87. The molecular weight excluding hydrogens is 507 g/mol. The first-order valence-electron chi connectivity index (χ1n) is 14.4. The largest absolute Gasteiger partial charge is 0.508 e. The van der Waals surface area contributed by atoms with E-state index >= 15 is 4.39 Å². The molecule has 0 aliphatic heterocycles. The molecule has 0 aromatic heterocycles. The molecule has 0 saturated carbocycles. The molecule has 0 radical (unpaired) electrons. The van der Waals surface area contributed by atoms with Crippen LogP contribution < -0.4 is 4.74 Å². The molecule has 2 aliphatic carbocycles. The molecule has 0 fully saturated rings. The van der Waals surface area contributed by atoms with Crippen LogP contribution in [0.1, 0.15) is 37.0 Å². The van der Waals surface area contributed by atoms with Crippen molar-refractivity contribution < 1.29 is 23.7 Å². The van der Waals surface area contributed by atoms with Gasteiger partial charge in [0.25, 0.3) is 0 Å². The Morgan fingerprint density at radius 1 is 1.05 bits per heavy atom. The molecule has 2 aliphatic rings. The van der Waals surface area contributed by atoms with Crippen LogP contribution in [0.4, 0.5) is 4.39 Å². The van der Waals surface area contributed by atoms with Gasteiger partial charge in [-0.3, -0.25) is 4.90 Å². The van der Waals surface area contributed by atoms with Crippen molar-refractivity contribution in [3.05, 3.63) is 82.9 Å². The van der Waals surface area contributed by atoms with Crippen molar-refractivity contribution >= 4 is 0 Å². The van der Waals surface area contributed by atoms with Gasteiger partial charge in [-0.05, 0) is 105 Å². The highest BCUT2D eigenvalue weighted by molar-refractivity contribution is 5.37. The number of likely N-dealkylation sites (N-methyl/N-ethyl adjacent to an activating group) is 1. The molecule has 0 bridgehead atoms. The van der Waals surface area contributed by atoms with Crippen LogP contribution in [0, 0.1) is 17.7 Å². The number of fused-ring (bicyclic) bond motifs is 1. The number of rotatable bonds is 13. The summed E-state index contributed by atoms with van der Waals surface area (Å²) in [6.07, 6.45) is 9.62. The van der Waals surface area contributed by atoms with E-state index in [1.54, 1.807) is 32.4 Å². The molecule has 218 valence electrons. The molecule has 0 spiro atoms. The van der Waals surface area contributed by atoms with Crippen molar-refractivity contribution in [1.82, 2.24) is 9.80 Å². The Labute approximate surface area is 239 Å². The minimum Gasteiger partial charge on any atom is -0.508 e. The van der Waals surface area contributed by atoms with Crippen LogP contribution in [0.2, 0.25) is 0 Å². The van der Waals surface area contributed by atoms with Crippen LogP contribution in [-0.4, -0.2) is 74.6 Å². The van der Waals surface area contributed by atoms with Crippen molar-refractivity contribution in [2.75, 3.05) is 47.6 Å². The Balaban J connectivity index is 1.47. The van der Waals surface area contributed by atoms with Gasteiger partial charge in [0, 0.05) is 38.8 Å². The van der Waals surface area contributed by atoms with E-state index in [2.05, 4.69) is 47.9 Å². The zero-order valence-electron chi connectivity index (χ0n) is 24.6. The summed E-state index contributed by atoms with van der Waals surface area (Å²) >= 11 is 0. The van der Waals surface area contributed by atoms with Gasteiger partial charge in [0.1, 0.15) is 18.1 Å². The molecule has 0 saturated heterocycles. The summed E-state index contributed by atoms with van der Waals surface area (Å²) in [6, 6.07) is 11.5. The number of hydrogen-bond acceptors (Lipinski definition) is 6. The molecule has 0 heterocycles. The van der Waals surface area contributed by atoms with Gasteiger partial charge in [0.15, 0.2) is 11.6 Å². The maximum Gasteiger partial charge on any atom is 0.165 e. The number of nitrogens with zero attached hydrogens (tertiary/aromatic N) is 2. The summed E-state index contributed by atoms with van der Waals surface area (Å²) in [7, 11) is 5.39. The molecule has 2 unspecified atom stereocenters. The van der Waals surface area contributed by atoms with E-state index in [1.807, 2.05) is 19.2 Å². The first-order valence-corrected chi connectivity index (χ1v) is 14.4. The summed E-state index contributed by atoms with van der Waals surface area (Å²) in [5.41, 5.74) is 3.49. The number of ether oxygens (including phenoxy) is 3. The van der Waals surface area contributed by atoms with Crippen molar-refractivity contribution in [2.45, 2.75) is 51.7 Å². The Morgan fingerprint density at radius 3 is 2.58 bits per heavy atom. The third-order valence-electron chi connectivity index (χ3n) is 8.26. The highest BCUT2D eigenvalue weighted by Crippen LogP contribution is 2.38. The topological polar surface area (TPSA) is 54.4 Å². The van der Waals surface area contributed by atoms with E-state index in [0.29, 0.717) is 43.9 Å². The van der Waals surface area contributed by atoms with Gasteiger partial charge in [-0.15, -0.1) is 0 Å². The number of benzene rings is 2. The van der Waals surface area contributed by atoms with Crippen LogP contribution in [0.15, 0.2) is 60.4 Å². The monoisotopic (exact) mass is 552 g/mol. The minimum atomic E-state index is -0.332. The van der Waals surface area contributed by atoms with Crippen molar-refractivity contribution in [1.29, 1.82) is 0 Å². The maximum atomic E-state index is 15.1. The second kappa shape index (κ2) is 14.2. The molecule has 40 heavy (non-hydrogen) atoms. The maximum absolute atomic E-state index is 15.1. The highest BCUT2D eigenvalue weighted by Gasteiger charge is 2.36. The summed E-state index contributed by atoms with van der Waals surface area (Å²) in [4.78, 5) is 4.54. The number of phenolic OH excluding ortho intramolecular Hbond substituents is 1. The number of aromatic hydroxyl groups is 1. The number of hydrogen-bond donors (Lipinski definition) is 1. The average molecular weight is 553 g/mol. The van der Waals surface area contributed by atoms with E-state index < -0.39 is 0 Å². The molecule has 3 atom stereocenters. The van der Waals surface area contributed by atoms with Crippen molar-refractivity contribution in [2.24, 2.45) is 11.8 Å². The predicted octanol–water partition coefficient (Wildman–Crippen LogP) is 5.59. The lowest BCUT2D eigenvalue weighted by atomic mass is 9.72. The summed E-state index contributed by atoms with van der Waals surface area (Å²) in [5, 5.41) is 9.92. The third-order valence-corrected chi connectivity index (χ3v) is 8.26. The van der Waals surface area contributed by atoms with Crippen LogP contribution >= 0.6 is 0 Å². The zero-order valence-corrected chi connectivity index (χ0v) is 24.6. The molecule has 2 aromatic carbocycles. The molecule has 0 amide bonds. The second-order valence-corrected chi connectivity index (χ2v) is 11.3. The number of aryl methyl sites for hydroxylation is 1. The van der Waals surface area contributed by atoms with Gasteiger partial charge in [-0.1, -0.05) is 18.2 Å². The molecule has 4 rings (SSSR count). The summed E-state index contributed by atoms with van der Waals surface area (Å²) in [6.45, 7) is 7.59. The summed E-state index contributed by atoms with van der Waals surface area (Å²) in [5.74, 6) is 1.91. The number of halogens is 1. The molecule has 7 heteroatoms. The molecule has 6 nitrogen and oxygen atoms in total. The fourth-order valence-corrected chi connectivity index (χ4v) is 5.92. The van der Waals surface area contributed by atoms with Gasteiger partial charge < -0.3 is 24.2 Å². The van der Waals surface area contributed by atoms with E-state index in [0.717, 1.165) is 37.1 Å². The second-order valence-electron chi connectivity index (χ2n) is 11.3. The lowest BCUT2D eigenvalue weighted by Gasteiger charge is -2.43. The smallest absolute Gasteiger partial charge is 0.165 e. The quantitative estimate of drug-likeness (QED) is 0.350. The van der Waals surface area contributed by atoms with E-state index in [1.165, 1.54) is 11.1 Å². The van der Waals surface area contributed by atoms with Gasteiger partial charge in [0.2, 0.25) is 0 Å². The van der Waals surface area contributed by atoms with Crippen LogP contribution in [0.5, 0.6) is 11.5 Å². The lowest BCUT2D eigenvalue weighted by molar-refractivity contribution is 0.110. The van der Waals surface area contributed by atoms with Gasteiger partial charge in [-0.2, -0.15) is 0 Å². The fraction of sp³-hybridized carbons (Fsp3) is 0.515. The number of phenols is 1. The SMILES string of the molecule is COCCN(C)CCOc1ccc(CN(C(C)C)C2C=C(OC)C=CC2[C@@H]2CCc3cc(O)ccc3C2)cc1F. The van der Waals surface area contributed by atoms with Crippen LogP contribution in [-0.2, 0) is 28.9 Å². The fourth-order valence-electron chi connectivity index (χ4n) is 5.92. The molecule has 2 aromatic rings. The van der Waals surface area contributed by atoms with E-state index in [-0.39, 0.29) is 23.7 Å². The first-order chi connectivity index (χ1) is 19.3. The molecule has 1 N–H and O–H groups in total. The third kappa shape index (κ3) is 7.65. The Bertz CT molecular complexity index is 1180. The molecular formula is C33H45FN2O4. The van der Waals surface area contributed by atoms with E-state index in [9.17, 15) is 5.11 Å². The average Bonchev–Trinajstić information content (AvgIpc) is 2.95. The Kier molecular flexibility index (Phi) is 10.6. The van der Waals surface area contributed by atoms with Gasteiger partial charge in [0.05, 0.1) is 13.7 Å². The number of allylic oxidation sites excluding steroid dienone is 1. The van der Waals surface area contributed by atoms with Crippen LogP contribution in [0.25, 0.3) is 0 Å². The minimum absolute atomic E-state index is 0.116. The standard InChI is InChI=1S/C33H45FN2O4/c1-23(2)36(22-24-6-13-33(31(34)18-24)40-17-15-35(3)14-16-38-4)32-21-29(39-5)11-12-30(32)27-8-7-26-20-28(37)10-9-25(26)19-27/h6,9-13,18,20-21,23,27,30,32,37H,7-8,14-17,19,22H2,1-5H3/t27-,30?,32?/m1/s1. The van der Waals surface area contributed by atoms with Gasteiger partial charge in [-0.25, -0.2) is 4.39 Å².